The molecule has 4 heteroatoms. The summed E-state index contributed by atoms with van der Waals surface area (Å²) in [6, 6.07) is 15.4. The van der Waals surface area contributed by atoms with Gasteiger partial charge < -0.3 is 15.2 Å². The van der Waals surface area contributed by atoms with Crippen LogP contribution in [0, 0.1) is 0 Å². The summed E-state index contributed by atoms with van der Waals surface area (Å²) in [5, 5.41) is 22.3. The number of H-pyrrole nitrogens is 1. The van der Waals surface area contributed by atoms with Gasteiger partial charge in [0.05, 0.1) is 10.6 Å². The minimum Gasteiger partial charge on any atom is -0.508 e. The van der Waals surface area contributed by atoms with Crippen LogP contribution in [-0.2, 0) is 12.8 Å². The third kappa shape index (κ3) is 3.10. The van der Waals surface area contributed by atoms with Gasteiger partial charge in [0, 0.05) is 29.0 Å². The summed E-state index contributed by atoms with van der Waals surface area (Å²) in [4.78, 5) is 4.61. The molecular formula is C24H23NO2S. The Morgan fingerprint density at radius 2 is 1.61 bits per heavy atom. The molecule has 2 aromatic heterocycles. The number of rotatable bonds is 5. The summed E-state index contributed by atoms with van der Waals surface area (Å²) in [6.45, 7) is 4.35. The first-order valence-electron chi connectivity index (χ1n) is 9.52. The molecule has 0 aliphatic heterocycles. The van der Waals surface area contributed by atoms with E-state index in [0.29, 0.717) is 5.56 Å². The van der Waals surface area contributed by atoms with Crippen molar-refractivity contribution < 1.29 is 10.2 Å². The van der Waals surface area contributed by atoms with Gasteiger partial charge in [0.25, 0.3) is 0 Å². The summed E-state index contributed by atoms with van der Waals surface area (Å²) in [7, 11) is 0. The van der Waals surface area contributed by atoms with Crippen molar-refractivity contribution in [3.05, 3.63) is 71.2 Å². The third-order valence-electron chi connectivity index (χ3n) is 5.17. The standard InChI is InChI=1S/C24H23NO2S/c1-3-15-7-5-8-16(4-2)22(15)23-19(18-11-10-17(26)13-20(18)27)14-25-24(23)21-9-6-12-28-21/h5-14,25-27H,3-4H2,1-2H3. The summed E-state index contributed by atoms with van der Waals surface area (Å²) >= 11 is 1.69. The molecule has 0 radical (unpaired) electrons. The van der Waals surface area contributed by atoms with E-state index in [1.807, 2.05) is 6.20 Å². The van der Waals surface area contributed by atoms with Crippen LogP contribution >= 0.6 is 11.3 Å². The number of nitrogens with one attached hydrogen (secondary N) is 1. The lowest BCUT2D eigenvalue weighted by Gasteiger charge is -2.17. The van der Waals surface area contributed by atoms with Crippen molar-refractivity contribution in [2.45, 2.75) is 26.7 Å². The molecule has 0 saturated carbocycles. The van der Waals surface area contributed by atoms with Gasteiger partial charge >= 0.3 is 0 Å². The van der Waals surface area contributed by atoms with Crippen LogP contribution in [0.2, 0.25) is 0 Å². The monoisotopic (exact) mass is 389 g/mol. The second kappa shape index (κ2) is 7.56. The van der Waals surface area contributed by atoms with Gasteiger partial charge in [0.2, 0.25) is 0 Å². The molecule has 0 spiro atoms. The number of thiophene rings is 1. The van der Waals surface area contributed by atoms with Crippen LogP contribution in [-0.4, -0.2) is 15.2 Å². The first-order chi connectivity index (χ1) is 13.6. The topological polar surface area (TPSA) is 56.2 Å². The zero-order chi connectivity index (χ0) is 19.7. The van der Waals surface area contributed by atoms with Gasteiger partial charge in [-0.3, -0.25) is 0 Å². The maximum absolute atomic E-state index is 10.5. The minimum atomic E-state index is 0.0556. The fourth-order valence-electron chi connectivity index (χ4n) is 3.82. The van der Waals surface area contributed by atoms with Gasteiger partial charge in [-0.2, -0.15) is 0 Å². The second-order valence-corrected chi connectivity index (χ2v) is 7.74. The maximum Gasteiger partial charge on any atom is 0.127 e. The van der Waals surface area contributed by atoms with Gasteiger partial charge in [-0.05, 0) is 53.1 Å². The molecule has 0 amide bonds. The first-order valence-corrected chi connectivity index (χ1v) is 10.4. The highest BCUT2D eigenvalue weighted by atomic mass is 32.1. The molecular weight excluding hydrogens is 366 g/mol. The van der Waals surface area contributed by atoms with E-state index in [1.165, 1.54) is 22.8 Å². The molecule has 2 aromatic carbocycles. The zero-order valence-corrected chi connectivity index (χ0v) is 16.8. The number of benzene rings is 2. The highest BCUT2D eigenvalue weighted by Crippen LogP contribution is 2.46. The number of hydrogen-bond donors (Lipinski definition) is 3. The zero-order valence-electron chi connectivity index (χ0n) is 16.0. The maximum atomic E-state index is 10.5. The quantitative estimate of drug-likeness (QED) is 0.359. The summed E-state index contributed by atoms with van der Waals surface area (Å²) in [6.07, 6.45) is 3.82. The van der Waals surface area contributed by atoms with Crippen LogP contribution in [0.5, 0.6) is 11.5 Å². The molecule has 0 fully saturated rings. The van der Waals surface area contributed by atoms with E-state index in [-0.39, 0.29) is 11.5 Å². The van der Waals surface area contributed by atoms with Crippen LogP contribution in [0.15, 0.2) is 60.1 Å². The molecule has 0 saturated heterocycles. The van der Waals surface area contributed by atoms with Crippen molar-refractivity contribution in [1.29, 1.82) is 0 Å². The van der Waals surface area contributed by atoms with Crippen molar-refractivity contribution in [1.82, 2.24) is 4.98 Å². The Labute approximate surface area is 169 Å². The Balaban J connectivity index is 2.07. The third-order valence-corrected chi connectivity index (χ3v) is 6.06. The SMILES string of the molecule is CCc1cccc(CC)c1-c1c(-c2ccc(O)cc2O)c[nH]c1-c1cccs1. The van der Waals surface area contributed by atoms with Gasteiger partial charge in [0.15, 0.2) is 0 Å². The van der Waals surface area contributed by atoms with E-state index in [9.17, 15) is 10.2 Å². The van der Waals surface area contributed by atoms with Gasteiger partial charge in [-0.15, -0.1) is 11.3 Å². The van der Waals surface area contributed by atoms with Crippen molar-refractivity contribution in [2.75, 3.05) is 0 Å². The highest BCUT2D eigenvalue weighted by molar-refractivity contribution is 7.13. The van der Waals surface area contributed by atoms with Gasteiger partial charge in [-0.1, -0.05) is 38.1 Å². The molecule has 0 bridgehead atoms. The number of phenols is 2. The Kier molecular flexibility index (Phi) is 4.97. The number of aromatic amines is 1. The van der Waals surface area contributed by atoms with Crippen LogP contribution < -0.4 is 0 Å². The molecule has 0 aliphatic rings. The van der Waals surface area contributed by atoms with Crippen molar-refractivity contribution in [2.24, 2.45) is 0 Å². The van der Waals surface area contributed by atoms with E-state index in [1.54, 1.807) is 23.5 Å². The smallest absolute Gasteiger partial charge is 0.127 e. The lowest BCUT2D eigenvalue weighted by atomic mass is 9.87. The molecule has 3 nitrogen and oxygen atoms in total. The molecule has 28 heavy (non-hydrogen) atoms. The van der Waals surface area contributed by atoms with Crippen molar-refractivity contribution >= 4 is 11.3 Å². The Bertz CT molecular complexity index is 1090. The largest absolute Gasteiger partial charge is 0.508 e. The number of aromatic hydroxyl groups is 2. The molecule has 3 N–H and O–H groups in total. The summed E-state index contributed by atoms with van der Waals surface area (Å²) < 4.78 is 0. The lowest BCUT2D eigenvalue weighted by molar-refractivity contribution is 0.452. The number of hydrogen-bond acceptors (Lipinski definition) is 3. The normalized spacial score (nSPS) is 11.1. The number of phenolic OH excluding ortho intramolecular Hbond substituents is 2. The Morgan fingerprint density at radius 3 is 2.21 bits per heavy atom. The predicted octanol–water partition coefficient (Wildman–Crippen LogP) is 6.61. The average molecular weight is 390 g/mol. The van der Waals surface area contributed by atoms with Crippen molar-refractivity contribution in [3.63, 3.8) is 0 Å². The first kappa shape index (κ1) is 18.4. The van der Waals surface area contributed by atoms with Crippen LogP contribution in [0.25, 0.3) is 32.8 Å². The molecule has 2 heterocycles. The highest BCUT2D eigenvalue weighted by Gasteiger charge is 2.22. The van der Waals surface area contributed by atoms with Crippen molar-refractivity contribution in [3.8, 4) is 44.3 Å². The lowest BCUT2D eigenvalue weighted by Crippen LogP contribution is -1.96. The second-order valence-electron chi connectivity index (χ2n) is 6.79. The molecule has 0 aliphatic carbocycles. The van der Waals surface area contributed by atoms with Crippen LogP contribution in [0.4, 0.5) is 0 Å². The van der Waals surface area contributed by atoms with Gasteiger partial charge in [0.1, 0.15) is 11.5 Å². The number of aryl methyl sites for hydroxylation is 2. The van der Waals surface area contributed by atoms with E-state index in [0.717, 1.165) is 34.5 Å². The fourth-order valence-corrected chi connectivity index (χ4v) is 4.56. The predicted molar refractivity (Wildman–Crippen MR) is 117 cm³/mol. The summed E-state index contributed by atoms with van der Waals surface area (Å²) in [5.41, 5.74) is 7.63. The molecule has 0 atom stereocenters. The molecule has 142 valence electrons. The average Bonchev–Trinajstić information content (AvgIpc) is 3.36. The van der Waals surface area contributed by atoms with E-state index in [2.05, 4.69) is 54.5 Å². The molecule has 4 aromatic rings. The molecule has 0 unspecified atom stereocenters. The number of aromatic nitrogens is 1. The molecule has 4 rings (SSSR count). The van der Waals surface area contributed by atoms with E-state index < -0.39 is 0 Å². The van der Waals surface area contributed by atoms with Gasteiger partial charge in [-0.25, -0.2) is 0 Å². The van der Waals surface area contributed by atoms with Crippen LogP contribution in [0.3, 0.4) is 0 Å². The Morgan fingerprint density at radius 1 is 0.857 bits per heavy atom. The van der Waals surface area contributed by atoms with Crippen LogP contribution in [0.1, 0.15) is 25.0 Å². The van der Waals surface area contributed by atoms with E-state index in [4.69, 9.17) is 0 Å². The Hall–Kier alpha value is -2.98. The fraction of sp³-hybridized carbons (Fsp3) is 0.167. The minimum absolute atomic E-state index is 0.0556. The van der Waals surface area contributed by atoms with E-state index >= 15 is 0 Å². The summed E-state index contributed by atoms with van der Waals surface area (Å²) in [5.74, 6) is 0.130.